The quantitative estimate of drug-likeness (QED) is 0.213. The maximum absolute atomic E-state index is 13.2. The molecule has 0 aliphatic heterocycles. The normalized spacial score (nSPS) is 12.1. The average molecular weight is 466 g/mol. The van der Waals surface area contributed by atoms with E-state index in [9.17, 15) is 9.59 Å². The molecule has 1 N–H and O–H groups in total. The molecule has 0 aliphatic rings. The van der Waals surface area contributed by atoms with Crippen molar-refractivity contribution in [1.29, 1.82) is 0 Å². The first-order chi connectivity index (χ1) is 14.6. The van der Waals surface area contributed by atoms with Crippen molar-refractivity contribution in [3.8, 4) is 0 Å². The number of hydrogen-bond donors (Lipinski definition) is 1. The first-order valence-corrected chi connectivity index (χ1v) is 10.9. The zero-order chi connectivity index (χ0) is 20.8. The van der Waals surface area contributed by atoms with Gasteiger partial charge in [-0.15, -0.1) is 0 Å². The Kier molecular flexibility index (Phi) is 4.83. The van der Waals surface area contributed by atoms with Crippen LogP contribution < -0.4 is 11.1 Å². The molecule has 5 rings (SSSR count). The van der Waals surface area contributed by atoms with Crippen LogP contribution >= 0.6 is 15.9 Å². The van der Waals surface area contributed by atoms with Gasteiger partial charge in [0, 0.05) is 44.6 Å². The highest BCUT2D eigenvalue weighted by Crippen LogP contribution is 2.37. The lowest BCUT2D eigenvalue weighted by Crippen LogP contribution is -2.33. The molecule has 0 saturated heterocycles. The maximum Gasteiger partial charge on any atom is 0.261 e. The van der Waals surface area contributed by atoms with Gasteiger partial charge in [0.05, 0.1) is 0 Å². The summed E-state index contributed by atoms with van der Waals surface area (Å²) < 4.78 is 8.40. The molecule has 0 saturated carbocycles. The van der Waals surface area contributed by atoms with E-state index in [1.807, 2.05) is 36.4 Å². The highest BCUT2D eigenvalue weighted by molar-refractivity contribution is 9.10. The summed E-state index contributed by atoms with van der Waals surface area (Å²) in [6, 6.07) is 13.2. The molecule has 30 heavy (non-hydrogen) atoms. The van der Waals surface area contributed by atoms with Crippen molar-refractivity contribution < 1.29 is 9.52 Å². The molecule has 0 fully saturated rings. The predicted molar refractivity (Wildman–Crippen MR) is 124 cm³/mol. The molecular formula is C24H20BrNO4. The van der Waals surface area contributed by atoms with Crippen molar-refractivity contribution in [3.63, 3.8) is 0 Å². The fraction of sp³-hybridized carbons (Fsp3) is 0.250. The third-order valence-corrected chi connectivity index (χ3v) is 6.31. The van der Waals surface area contributed by atoms with Crippen molar-refractivity contribution in [3.05, 3.63) is 67.6 Å². The molecule has 5 nitrogen and oxygen atoms in total. The fourth-order valence-corrected chi connectivity index (χ4v) is 4.73. The first kappa shape index (κ1) is 19.3. The summed E-state index contributed by atoms with van der Waals surface area (Å²) in [5.74, 6) is 0. The van der Waals surface area contributed by atoms with Gasteiger partial charge in [-0.05, 0) is 54.6 Å². The van der Waals surface area contributed by atoms with Crippen molar-refractivity contribution in [2.75, 3.05) is 6.61 Å². The molecule has 3 aromatic carbocycles. The van der Waals surface area contributed by atoms with Gasteiger partial charge in [0.15, 0.2) is 0 Å². The van der Waals surface area contributed by atoms with Gasteiger partial charge in [-0.1, -0.05) is 34.8 Å². The molecule has 0 aliphatic carbocycles. The molecule has 152 valence electrons. The van der Waals surface area contributed by atoms with Crippen LogP contribution in [0.2, 0.25) is 0 Å². The van der Waals surface area contributed by atoms with Gasteiger partial charge in [0.1, 0.15) is 11.2 Å². The van der Waals surface area contributed by atoms with E-state index in [-0.39, 0.29) is 17.7 Å². The topological polar surface area (TPSA) is 72.4 Å². The van der Waals surface area contributed by atoms with Gasteiger partial charge >= 0.3 is 0 Å². The van der Waals surface area contributed by atoms with Gasteiger partial charge in [-0.25, -0.2) is 0 Å². The summed E-state index contributed by atoms with van der Waals surface area (Å²) in [6.45, 7) is 0.559. The first-order valence-electron chi connectivity index (χ1n) is 10.1. The van der Waals surface area contributed by atoms with Crippen LogP contribution in [0.25, 0.3) is 43.5 Å². The van der Waals surface area contributed by atoms with Crippen LogP contribution in [0.15, 0.2) is 60.9 Å². The number of benzene rings is 3. The van der Waals surface area contributed by atoms with Crippen molar-refractivity contribution in [2.24, 2.45) is 0 Å². The average Bonchev–Trinajstić information content (AvgIpc) is 2.75. The number of pyridine rings is 1. The number of halogens is 1. The molecule has 0 radical (unpaired) electrons. The molecule has 0 atom stereocenters. The Morgan fingerprint density at radius 1 is 0.767 bits per heavy atom. The van der Waals surface area contributed by atoms with Gasteiger partial charge < -0.3 is 9.52 Å². The molecular weight excluding hydrogens is 446 g/mol. The van der Waals surface area contributed by atoms with Crippen LogP contribution in [0.1, 0.15) is 25.7 Å². The van der Waals surface area contributed by atoms with E-state index in [0.717, 1.165) is 51.9 Å². The Labute approximate surface area is 180 Å². The largest absolute Gasteiger partial charge is 0.456 e. The Morgan fingerprint density at radius 3 is 2.20 bits per heavy atom. The van der Waals surface area contributed by atoms with E-state index in [0.29, 0.717) is 28.3 Å². The number of rotatable bonds is 6. The number of aromatic nitrogens is 1. The second kappa shape index (κ2) is 7.52. The zero-order valence-electron chi connectivity index (χ0n) is 16.3. The lowest BCUT2D eigenvalue weighted by molar-refractivity contribution is 0.282. The van der Waals surface area contributed by atoms with E-state index in [2.05, 4.69) is 15.9 Å². The number of aliphatic hydroxyl groups is 1. The molecule has 0 spiro atoms. The number of unbranched alkanes of at least 4 members (excludes halogenated alkanes) is 3. The number of hydrogen-bond acceptors (Lipinski definition) is 4. The van der Waals surface area contributed by atoms with Crippen LogP contribution in [0.3, 0.4) is 0 Å². The number of aliphatic hydroxyl groups excluding tert-OH is 1. The van der Waals surface area contributed by atoms with Gasteiger partial charge in [-0.3, -0.25) is 14.2 Å². The molecule has 0 amide bonds. The minimum Gasteiger partial charge on any atom is -0.456 e. The third-order valence-electron chi connectivity index (χ3n) is 5.82. The summed E-state index contributed by atoms with van der Waals surface area (Å²) in [7, 11) is 0. The number of nitrogens with zero attached hydrogens (tertiary/aromatic N) is 1. The molecule has 0 bridgehead atoms. The van der Waals surface area contributed by atoms with Crippen LogP contribution in [0.5, 0.6) is 0 Å². The Hall–Kier alpha value is -2.70. The van der Waals surface area contributed by atoms with Crippen LogP contribution in [-0.4, -0.2) is 16.3 Å². The summed E-state index contributed by atoms with van der Waals surface area (Å²) in [5.41, 5.74) is 0.919. The second-order valence-electron chi connectivity index (χ2n) is 7.66. The summed E-state index contributed by atoms with van der Waals surface area (Å²) in [4.78, 5) is 26.4. The Morgan fingerprint density at radius 2 is 1.43 bits per heavy atom. The molecule has 2 aromatic heterocycles. The molecule has 6 heteroatoms. The maximum atomic E-state index is 13.2. The predicted octanol–water partition coefficient (Wildman–Crippen LogP) is 5.17. The monoisotopic (exact) mass is 465 g/mol. The smallest absolute Gasteiger partial charge is 0.261 e. The Balaban J connectivity index is 1.76. The van der Waals surface area contributed by atoms with Crippen LogP contribution in [-0.2, 0) is 6.54 Å². The van der Waals surface area contributed by atoms with Crippen LogP contribution in [0.4, 0.5) is 0 Å². The minimum atomic E-state index is -0.251. The standard InChI is InChI=1S/C24H20BrNO4/c25-14-5-9-19-18(13-14)15-6-7-16-21-17(8-10-20(30-19)22(15)21)24(29)26(23(16)28)11-3-1-2-4-12-27/h5-10,13,27H,1-4,11-12H2. The highest BCUT2D eigenvalue weighted by atomic mass is 79.9. The Bertz CT molecular complexity index is 1480. The highest BCUT2D eigenvalue weighted by Gasteiger charge is 2.18. The van der Waals surface area contributed by atoms with Crippen molar-refractivity contribution >= 4 is 59.4 Å². The van der Waals surface area contributed by atoms with Gasteiger partial charge in [0.25, 0.3) is 11.1 Å². The second-order valence-corrected chi connectivity index (χ2v) is 8.58. The van der Waals surface area contributed by atoms with E-state index in [1.54, 1.807) is 6.07 Å². The van der Waals surface area contributed by atoms with E-state index >= 15 is 0 Å². The lowest BCUT2D eigenvalue weighted by atomic mass is 9.96. The molecule has 0 unspecified atom stereocenters. The summed E-state index contributed by atoms with van der Waals surface area (Å²) in [5, 5.41) is 13.4. The lowest BCUT2D eigenvalue weighted by Gasteiger charge is -2.14. The van der Waals surface area contributed by atoms with Crippen molar-refractivity contribution in [2.45, 2.75) is 32.2 Å². The fourth-order valence-electron chi connectivity index (χ4n) is 4.37. The van der Waals surface area contributed by atoms with Gasteiger partial charge in [-0.2, -0.15) is 0 Å². The van der Waals surface area contributed by atoms with Crippen molar-refractivity contribution in [1.82, 2.24) is 4.57 Å². The molecule has 2 heterocycles. The van der Waals surface area contributed by atoms with E-state index in [1.165, 1.54) is 4.57 Å². The zero-order valence-corrected chi connectivity index (χ0v) is 17.9. The SMILES string of the molecule is O=c1c2ccc3oc4ccc(Br)cc4c4ccc(c(=O)n1CCCCCCO)c2c34. The summed E-state index contributed by atoms with van der Waals surface area (Å²) in [6.07, 6.45) is 3.24. The number of fused-ring (bicyclic) bond motifs is 2. The van der Waals surface area contributed by atoms with Gasteiger partial charge in [0.2, 0.25) is 0 Å². The summed E-state index contributed by atoms with van der Waals surface area (Å²) >= 11 is 3.51. The molecule has 5 aromatic rings. The van der Waals surface area contributed by atoms with E-state index in [4.69, 9.17) is 9.52 Å². The van der Waals surface area contributed by atoms with Crippen LogP contribution in [0, 0.1) is 0 Å². The third kappa shape index (κ3) is 2.94. The van der Waals surface area contributed by atoms with E-state index < -0.39 is 0 Å². The minimum absolute atomic E-state index is 0.170.